The topological polar surface area (TPSA) is 129 Å². The molecule has 0 aliphatic carbocycles. The van der Waals surface area contributed by atoms with Gasteiger partial charge in [0.25, 0.3) is 5.56 Å². The number of hydrogen-bond donors (Lipinski definition) is 2. The highest BCUT2D eigenvalue weighted by Crippen LogP contribution is 2.34. The summed E-state index contributed by atoms with van der Waals surface area (Å²) in [5, 5.41) is 0. The first-order valence-corrected chi connectivity index (χ1v) is 9.90. The molecule has 1 aromatic rings. The number of sulfonamides is 1. The van der Waals surface area contributed by atoms with E-state index in [4.69, 9.17) is 14.2 Å². The van der Waals surface area contributed by atoms with Crippen molar-refractivity contribution in [3.8, 4) is 0 Å². The lowest BCUT2D eigenvalue weighted by Gasteiger charge is -2.25. The largest absolute Gasteiger partial charge is 0.374 e. The molecule has 1 aliphatic rings. The van der Waals surface area contributed by atoms with Gasteiger partial charge in [-0.15, -0.1) is 0 Å². The number of methoxy groups -OCH3 is 1. The maximum Gasteiger partial charge on any atom is 0.330 e. The SMILES string of the molecule is CNS(=O)(=O)CC[C@H]1O[C@@H](n2ccc(=O)[nH]c2=O)[C@H](OC)[C@@H]1OC(C)C. The van der Waals surface area contributed by atoms with Crippen LogP contribution in [0, 0.1) is 0 Å². The van der Waals surface area contributed by atoms with E-state index in [-0.39, 0.29) is 18.3 Å². The molecule has 1 aromatic heterocycles. The number of hydrogen-bond acceptors (Lipinski definition) is 7. The van der Waals surface area contributed by atoms with E-state index in [1.54, 1.807) is 0 Å². The van der Waals surface area contributed by atoms with Crippen LogP contribution in [-0.2, 0) is 24.2 Å². The fourth-order valence-electron chi connectivity index (χ4n) is 2.89. The van der Waals surface area contributed by atoms with Crippen LogP contribution in [0.5, 0.6) is 0 Å². The van der Waals surface area contributed by atoms with Crippen molar-refractivity contribution in [3.63, 3.8) is 0 Å². The van der Waals surface area contributed by atoms with Gasteiger partial charge in [0, 0.05) is 19.4 Å². The Bertz CT molecular complexity index is 817. The Morgan fingerprint density at radius 3 is 2.58 bits per heavy atom. The van der Waals surface area contributed by atoms with E-state index in [1.807, 2.05) is 13.8 Å². The molecule has 0 radical (unpaired) electrons. The van der Waals surface area contributed by atoms with Gasteiger partial charge in [-0.25, -0.2) is 17.9 Å². The summed E-state index contributed by atoms with van der Waals surface area (Å²) in [6.45, 7) is 3.68. The molecule has 0 unspecified atom stereocenters. The van der Waals surface area contributed by atoms with Gasteiger partial charge in [-0.05, 0) is 27.3 Å². The average Bonchev–Trinajstić information content (AvgIpc) is 2.89. The first-order chi connectivity index (χ1) is 12.2. The van der Waals surface area contributed by atoms with Crippen molar-refractivity contribution in [3.05, 3.63) is 33.1 Å². The molecule has 0 spiro atoms. The molecular formula is C15H25N3O7S. The van der Waals surface area contributed by atoms with Gasteiger partial charge in [0.05, 0.1) is 18.0 Å². The third-order valence-corrected chi connectivity index (χ3v) is 5.49. The zero-order valence-electron chi connectivity index (χ0n) is 15.2. The van der Waals surface area contributed by atoms with Crippen LogP contribution in [0.2, 0.25) is 0 Å². The molecule has 2 N–H and O–H groups in total. The number of aromatic nitrogens is 2. The minimum Gasteiger partial charge on any atom is -0.374 e. The molecule has 11 heteroatoms. The fraction of sp³-hybridized carbons (Fsp3) is 0.733. The minimum absolute atomic E-state index is 0.157. The van der Waals surface area contributed by atoms with Crippen molar-refractivity contribution in [2.45, 2.75) is 50.9 Å². The van der Waals surface area contributed by atoms with Crippen LogP contribution in [0.4, 0.5) is 0 Å². The molecular weight excluding hydrogens is 366 g/mol. The third kappa shape index (κ3) is 4.80. The highest BCUT2D eigenvalue weighted by Gasteiger charge is 2.47. The van der Waals surface area contributed by atoms with Crippen molar-refractivity contribution >= 4 is 10.0 Å². The summed E-state index contributed by atoms with van der Waals surface area (Å²) in [7, 11) is -0.621. The summed E-state index contributed by atoms with van der Waals surface area (Å²) in [4.78, 5) is 25.6. The maximum absolute atomic E-state index is 12.1. The maximum atomic E-state index is 12.1. The van der Waals surface area contributed by atoms with Crippen LogP contribution in [0.15, 0.2) is 21.9 Å². The second-order valence-corrected chi connectivity index (χ2v) is 8.29. The Morgan fingerprint density at radius 2 is 2.04 bits per heavy atom. The van der Waals surface area contributed by atoms with Gasteiger partial charge < -0.3 is 14.2 Å². The fourth-order valence-corrected chi connectivity index (χ4v) is 3.64. The zero-order chi connectivity index (χ0) is 19.5. The molecule has 1 fully saturated rings. The quantitative estimate of drug-likeness (QED) is 0.592. The van der Waals surface area contributed by atoms with Crippen molar-refractivity contribution in [2.75, 3.05) is 19.9 Å². The van der Waals surface area contributed by atoms with Gasteiger partial charge in [0.1, 0.15) is 12.2 Å². The average molecular weight is 391 g/mol. The van der Waals surface area contributed by atoms with Crippen LogP contribution in [0.25, 0.3) is 0 Å². The van der Waals surface area contributed by atoms with Crippen LogP contribution >= 0.6 is 0 Å². The number of H-pyrrole nitrogens is 1. The molecule has 4 atom stereocenters. The van der Waals surface area contributed by atoms with Crippen molar-refractivity contribution in [2.24, 2.45) is 0 Å². The molecule has 0 saturated carbocycles. The van der Waals surface area contributed by atoms with E-state index in [1.165, 1.54) is 31.0 Å². The monoisotopic (exact) mass is 391 g/mol. The number of rotatable bonds is 8. The molecule has 2 rings (SSSR count). The smallest absolute Gasteiger partial charge is 0.330 e. The van der Waals surface area contributed by atoms with Crippen LogP contribution in [0.3, 0.4) is 0 Å². The summed E-state index contributed by atoms with van der Waals surface area (Å²) < 4.78 is 44.3. The van der Waals surface area contributed by atoms with E-state index in [0.29, 0.717) is 0 Å². The van der Waals surface area contributed by atoms with E-state index in [2.05, 4.69) is 9.71 Å². The number of aromatic amines is 1. The van der Waals surface area contributed by atoms with E-state index >= 15 is 0 Å². The Balaban J connectivity index is 2.32. The first-order valence-electron chi connectivity index (χ1n) is 8.25. The number of nitrogens with zero attached hydrogens (tertiary/aromatic N) is 1. The molecule has 1 saturated heterocycles. The first kappa shape index (κ1) is 20.8. The van der Waals surface area contributed by atoms with Crippen LogP contribution in [-0.4, -0.2) is 62.3 Å². The van der Waals surface area contributed by atoms with Crippen LogP contribution in [0.1, 0.15) is 26.5 Å². The molecule has 0 amide bonds. The zero-order valence-corrected chi connectivity index (χ0v) is 16.0. The molecule has 10 nitrogen and oxygen atoms in total. The Morgan fingerprint density at radius 1 is 1.35 bits per heavy atom. The van der Waals surface area contributed by atoms with Gasteiger partial charge in [-0.2, -0.15) is 0 Å². The predicted molar refractivity (Wildman–Crippen MR) is 93.5 cm³/mol. The second-order valence-electron chi connectivity index (χ2n) is 6.24. The lowest BCUT2D eigenvalue weighted by atomic mass is 10.1. The van der Waals surface area contributed by atoms with E-state index in [9.17, 15) is 18.0 Å². The van der Waals surface area contributed by atoms with Gasteiger partial charge in [0.15, 0.2) is 6.23 Å². The second kappa shape index (κ2) is 8.44. The lowest BCUT2D eigenvalue weighted by molar-refractivity contribution is -0.0791. The highest BCUT2D eigenvalue weighted by atomic mass is 32.2. The summed E-state index contributed by atoms with van der Waals surface area (Å²) in [6.07, 6.45) is -1.36. The van der Waals surface area contributed by atoms with Gasteiger partial charge >= 0.3 is 5.69 Å². The Labute approximate surface area is 151 Å². The van der Waals surface area contributed by atoms with Gasteiger partial charge in [0.2, 0.25) is 10.0 Å². The van der Waals surface area contributed by atoms with Gasteiger partial charge in [-0.3, -0.25) is 14.3 Å². The van der Waals surface area contributed by atoms with E-state index < -0.39 is 45.8 Å². The van der Waals surface area contributed by atoms with Crippen LogP contribution < -0.4 is 16.0 Å². The Hall–Kier alpha value is -1.53. The molecule has 0 aromatic carbocycles. The Kier molecular flexibility index (Phi) is 6.74. The van der Waals surface area contributed by atoms with Crippen molar-refractivity contribution in [1.82, 2.24) is 14.3 Å². The third-order valence-electron chi connectivity index (χ3n) is 4.09. The molecule has 148 valence electrons. The minimum atomic E-state index is -3.42. The summed E-state index contributed by atoms with van der Waals surface area (Å²) in [5.41, 5.74) is -1.17. The molecule has 2 heterocycles. The predicted octanol–water partition coefficient (Wildman–Crippen LogP) is -0.818. The molecule has 1 aliphatic heterocycles. The van der Waals surface area contributed by atoms with Crippen molar-refractivity contribution in [1.29, 1.82) is 0 Å². The summed E-state index contributed by atoms with van der Waals surface area (Å²) >= 11 is 0. The summed E-state index contributed by atoms with van der Waals surface area (Å²) in [5.74, 6) is -0.157. The standard InChI is InChI=1S/C15H25N3O7S/c1-9(2)24-12-10(6-8-26(21,22)16-3)25-14(13(12)23-4)18-7-5-11(19)17-15(18)20/h5,7,9-10,12-14,16H,6,8H2,1-4H3,(H,17,19,20)/t10-,12-,13-,14-/m1/s1. The van der Waals surface area contributed by atoms with Crippen molar-refractivity contribution < 1.29 is 22.6 Å². The van der Waals surface area contributed by atoms with E-state index in [0.717, 1.165) is 0 Å². The lowest BCUT2D eigenvalue weighted by Crippen LogP contribution is -2.41. The molecule has 0 bridgehead atoms. The highest BCUT2D eigenvalue weighted by molar-refractivity contribution is 7.89. The molecule has 26 heavy (non-hydrogen) atoms. The normalized spacial score (nSPS) is 26.5. The van der Waals surface area contributed by atoms with Gasteiger partial charge in [-0.1, -0.05) is 0 Å². The number of nitrogens with one attached hydrogen (secondary N) is 2. The number of ether oxygens (including phenoxy) is 3. The summed E-state index contributed by atoms with van der Waals surface area (Å²) in [6, 6.07) is 1.20.